The number of hydrogen-bond donors (Lipinski definition) is 1. The molecule has 1 atom stereocenters. The van der Waals surface area contributed by atoms with E-state index < -0.39 is 0 Å². The molecule has 0 saturated heterocycles. The van der Waals surface area contributed by atoms with Crippen LogP contribution in [-0.2, 0) is 13.5 Å². The Morgan fingerprint density at radius 3 is 2.82 bits per heavy atom. The monoisotopic (exact) mass is 236 g/mol. The standard InChI is InChI=1S/C14H24N2O/c1-4-6-7-8-9-10-14(17)13-11-12(5-2)15-16(13)3/h4,11,14,17H,1,5-10H2,2-3H3. The fraction of sp³-hybridized carbons (Fsp3) is 0.643. The van der Waals surface area contributed by atoms with Crippen molar-refractivity contribution in [2.75, 3.05) is 0 Å². The Morgan fingerprint density at radius 2 is 2.24 bits per heavy atom. The number of unbranched alkanes of at least 4 members (excludes halogenated alkanes) is 3. The number of aryl methyl sites for hydroxylation is 2. The van der Waals surface area contributed by atoms with E-state index in [0.717, 1.165) is 43.5 Å². The van der Waals surface area contributed by atoms with Gasteiger partial charge in [-0.05, 0) is 31.7 Å². The van der Waals surface area contributed by atoms with E-state index in [1.54, 1.807) is 4.68 Å². The van der Waals surface area contributed by atoms with Crippen LogP contribution in [0.3, 0.4) is 0 Å². The van der Waals surface area contributed by atoms with E-state index in [0.29, 0.717) is 0 Å². The van der Waals surface area contributed by atoms with Crippen LogP contribution in [0.4, 0.5) is 0 Å². The lowest BCUT2D eigenvalue weighted by molar-refractivity contribution is 0.154. The van der Waals surface area contributed by atoms with Crippen LogP contribution in [0.25, 0.3) is 0 Å². The first-order chi connectivity index (χ1) is 8.19. The molecule has 0 fully saturated rings. The summed E-state index contributed by atoms with van der Waals surface area (Å²) in [6, 6.07) is 2.01. The number of allylic oxidation sites excluding steroid dienone is 1. The van der Waals surface area contributed by atoms with Crippen molar-refractivity contribution >= 4 is 0 Å². The number of aromatic nitrogens is 2. The summed E-state index contributed by atoms with van der Waals surface area (Å²) in [6.07, 6.45) is 7.76. The van der Waals surface area contributed by atoms with Gasteiger partial charge in [0, 0.05) is 7.05 Å². The Kier molecular flexibility index (Phi) is 5.98. The molecule has 1 N–H and O–H groups in total. The molecular formula is C14H24N2O. The average Bonchev–Trinajstić information content (AvgIpc) is 2.70. The summed E-state index contributed by atoms with van der Waals surface area (Å²) < 4.78 is 1.80. The van der Waals surface area contributed by atoms with Gasteiger partial charge in [0.25, 0.3) is 0 Å². The normalized spacial score (nSPS) is 12.6. The first kappa shape index (κ1) is 14.0. The van der Waals surface area contributed by atoms with Crippen molar-refractivity contribution in [3.8, 4) is 0 Å². The maximum atomic E-state index is 10.1. The van der Waals surface area contributed by atoms with Gasteiger partial charge in [0.1, 0.15) is 0 Å². The van der Waals surface area contributed by atoms with Gasteiger partial charge in [-0.3, -0.25) is 4.68 Å². The molecule has 1 rings (SSSR count). The molecule has 0 aliphatic rings. The summed E-state index contributed by atoms with van der Waals surface area (Å²) in [5.41, 5.74) is 1.98. The van der Waals surface area contributed by atoms with Gasteiger partial charge in [-0.25, -0.2) is 0 Å². The maximum Gasteiger partial charge on any atom is 0.0956 e. The number of aliphatic hydroxyl groups excluding tert-OH is 1. The largest absolute Gasteiger partial charge is 0.387 e. The van der Waals surface area contributed by atoms with Gasteiger partial charge in [-0.2, -0.15) is 5.10 Å². The minimum atomic E-state index is -0.378. The molecular weight excluding hydrogens is 212 g/mol. The smallest absolute Gasteiger partial charge is 0.0956 e. The third-order valence-electron chi connectivity index (χ3n) is 3.06. The lowest BCUT2D eigenvalue weighted by atomic mass is 10.1. The first-order valence-electron chi connectivity index (χ1n) is 6.50. The Labute approximate surface area is 104 Å². The topological polar surface area (TPSA) is 38.1 Å². The molecule has 3 heteroatoms. The van der Waals surface area contributed by atoms with Gasteiger partial charge in [0.15, 0.2) is 0 Å². The van der Waals surface area contributed by atoms with Crippen molar-refractivity contribution in [2.24, 2.45) is 7.05 Å². The zero-order chi connectivity index (χ0) is 12.7. The van der Waals surface area contributed by atoms with E-state index in [4.69, 9.17) is 0 Å². The maximum absolute atomic E-state index is 10.1. The van der Waals surface area contributed by atoms with Crippen molar-refractivity contribution in [1.82, 2.24) is 9.78 Å². The predicted molar refractivity (Wildman–Crippen MR) is 70.8 cm³/mol. The lowest BCUT2D eigenvalue weighted by Crippen LogP contribution is -2.05. The van der Waals surface area contributed by atoms with Gasteiger partial charge < -0.3 is 5.11 Å². The summed E-state index contributed by atoms with van der Waals surface area (Å²) in [7, 11) is 1.90. The molecule has 0 amide bonds. The fourth-order valence-electron chi connectivity index (χ4n) is 1.98. The summed E-state index contributed by atoms with van der Waals surface area (Å²) in [6.45, 7) is 5.78. The first-order valence-corrected chi connectivity index (χ1v) is 6.50. The summed E-state index contributed by atoms with van der Waals surface area (Å²) in [4.78, 5) is 0. The molecule has 0 aromatic carbocycles. The number of rotatable bonds is 8. The second kappa shape index (κ2) is 7.28. The third-order valence-corrected chi connectivity index (χ3v) is 3.06. The highest BCUT2D eigenvalue weighted by molar-refractivity contribution is 5.12. The molecule has 1 aromatic heterocycles. The molecule has 3 nitrogen and oxygen atoms in total. The molecule has 0 aliphatic heterocycles. The highest BCUT2D eigenvalue weighted by Gasteiger charge is 2.12. The van der Waals surface area contributed by atoms with Gasteiger partial charge in [-0.1, -0.05) is 25.8 Å². The highest BCUT2D eigenvalue weighted by atomic mass is 16.3. The Hall–Kier alpha value is -1.09. The van der Waals surface area contributed by atoms with Crippen molar-refractivity contribution in [3.05, 3.63) is 30.1 Å². The van der Waals surface area contributed by atoms with Crippen molar-refractivity contribution in [2.45, 2.75) is 51.6 Å². The molecule has 0 spiro atoms. The van der Waals surface area contributed by atoms with Crippen LogP contribution >= 0.6 is 0 Å². The molecule has 1 heterocycles. The molecule has 0 saturated carbocycles. The second-order valence-electron chi connectivity index (χ2n) is 4.48. The summed E-state index contributed by atoms with van der Waals surface area (Å²) in [5, 5.41) is 14.4. The van der Waals surface area contributed by atoms with E-state index in [9.17, 15) is 5.11 Å². The van der Waals surface area contributed by atoms with Gasteiger partial charge >= 0.3 is 0 Å². The molecule has 17 heavy (non-hydrogen) atoms. The Morgan fingerprint density at radius 1 is 1.47 bits per heavy atom. The number of aliphatic hydroxyl groups is 1. The zero-order valence-electron chi connectivity index (χ0n) is 11.0. The predicted octanol–water partition coefficient (Wildman–Crippen LogP) is 3.15. The second-order valence-corrected chi connectivity index (χ2v) is 4.48. The van der Waals surface area contributed by atoms with Crippen LogP contribution in [0.1, 0.15) is 56.5 Å². The van der Waals surface area contributed by atoms with Crippen molar-refractivity contribution < 1.29 is 5.11 Å². The zero-order valence-corrected chi connectivity index (χ0v) is 11.0. The lowest BCUT2D eigenvalue weighted by Gasteiger charge is -2.10. The SMILES string of the molecule is C=CCCCCCC(O)c1cc(CC)nn1C. The average molecular weight is 236 g/mol. The minimum absolute atomic E-state index is 0.378. The minimum Gasteiger partial charge on any atom is -0.387 e. The van der Waals surface area contributed by atoms with Crippen LogP contribution in [-0.4, -0.2) is 14.9 Å². The van der Waals surface area contributed by atoms with E-state index >= 15 is 0 Å². The van der Waals surface area contributed by atoms with E-state index in [1.807, 2.05) is 19.2 Å². The number of nitrogens with zero attached hydrogens (tertiary/aromatic N) is 2. The summed E-state index contributed by atoms with van der Waals surface area (Å²) in [5.74, 6) is 0. The van der Waals surface area contributed by atoms with Crippen molar-refractivity contribution in [1.29, 1.82) is 0 Å². The summed E-state index contributed by atoms with van der Waals surface area (Å²) >= 11 is 0. The van der Waals surface area contributed by atoms with Crippen LogP contribution < -0.4 is 0 Å². The van der Waals surface area contributed by atoms with Crippen LogP contribution in [0, 0.1) is 0 Å². The quantitative estimate of drug-likeness (QED) is 0.556. The molecule has 1 unspecified atom stereocenters. The number of hydrogen-bond acceptors (Lipinski definition) is 2. The Bertz CT molecular complexity index is 344. The van der Waals surface area contributed by atoms with Crippen molar-refractivity contribution in [3.63, 3.8) is 0 Å². The molecule has 0 aliphatic carbocycles. The van der Waals surface area contributed by atoms with E-state index in [-0.39, 0.29) is 6.10 Å². The highest BCUT2D eigenvalue weighted by Crippen LogP contribution is 2.20. The van der Waals surface area contributed by atoms with Gasteiger partial charge in [-0.15, -0.1) is 6.58 Å². The van der Waals surface area contributed by atoms with Crippen LogP contribution in [0.2, 0.25) is 0 Å². The van der Waals surface area contributed by atoms with E-state index in [2.05, 4.69) is 18.6 Å². The van der Waals surface area contributed by atoms with Crippen LogP contribution in [0.15, 0.2) is 18.7 Å². The van der Waals surface area contributed by atoms with Gasteiger partial charge in [0.05, 0.1) is 17.5 Å². The van der Waals surface area contributed by atoms with Crippen LogP contribution in [0.5, 0.6) is 0 Å². The molecule has 0 radical (unpaired) electrons. The molecule has 96 valence electrons. The van der Waals surface area contributed by atoms with E-state index in [1.165, 1.54) is 6.42 Å². The third kappa shape index (κ3) is 4.35. The van der Waals surface area contributed by atoms with Gasteiger partial charge in [0.2, 0.25) is 0 Å². The molecule has 0 bridgehead atoms. The Balaban J connectivity index is 2.38. The molecule has 1 aromatic rings. The fourth-order valence-corrected chi connectivity index (χ4v) is 1.98.